The summed E-state index contributed by atoms with van der Waals surface area (Å²) in [5, 5.41) is 20.2. The number of carboxylic acid groups (broad SMARTS) is 1. The van der Waals surface area contributed by atoms with Gasteiger partial charge in [0.05, 0.1) is 10.6 Å². The summed E-state index contributed by atoms with van der Waals surface area (Å²) in [6.45, 7) is 0. The fraction of sp³-hybridized carbons (Fsp3) is 0.250. The number of aromatic nitrogens is 2. The molecule has 1 aliphatic carbocycles. The third kappa shape index (κ3) is 2.12. The summed E-state index contributed by atoms with van der Waals surface area (Å²) >= 11 is 1.53. The molecule has 0 radical (unpaired) electrons. The fourth-order valence-electron chi connectivity index (χ4n) is 1.79. The Bertz CT molecular complexity index is 628. The van der Waals surface area contributed by atoms with Gasteiger partial charge in [0, 0.05) is 0 Å². The van der Waals surface area contributed by atoms with Crippen LogP contribution in [0, 0.1) is 0 Å². The third-order valence-electron chi connectivity index (χ3n) is 3.11. The number of rotatable bonds is 4. The molecule has 1 saturated carbocycles. The molecule has 0 aromatic carbocycles. The van der Waals surface area contributed by atoms with Crippen LogP contribution in [0.25, 0.3) is 10.6 Å². The first-order chi connectivity index (χ1) is 9.11. The molecule has 2 aromatic heterocycles. The lowest BCUT2D eigenvalue weighted by molar-refractivity contribution is -0.140. The zero-order chi connectivity index (χ0) is 13.5. The van der Waals surface area contributed by atoms with E-state index in [1.54, 1.807) is 6.07 Å². The molecule has 0 aliphatic heterocycles. The van der Waals surface area contributed by atoms with Gasteiger partial charge in [-0.3, -0.25) is 9.89 Å². The first-order valence-corrected chi connectivity index (χ1v) is 6.64. The second-order valence-electron chi connectivity index (χ2n) is 4.49. The molecular weight excluding hydrogens is 266 g/mol. The summed E-state index contributed by atoms with van der Waals surface area (Å²) in [5.41, 5.74) is -0.129. The molecule has 1 amide bonds. The van der Waals surface area contributed by atoms with E-state index in [9.17, 15) is 9.59 Å². The van der Waals surface area contributed by atoms with Gasteiger partial charge in [-0.05, 0) is 30.4 Å². The molecule has 1 fully saturated rings. The predicted molar refractivity (Wildman–Crippen MR) is 69.0 cm³/mol. The quantitative estimate of drug-likeness (QED) is 0.789. The summed E-state index contributed by atoms with van der Waals surface area (Å²) in [5.74, 6) is -1.45. The lowest BCUT2D eigenvalue weighted by atomic mass is 10.2. The molecule has 2 heterocycles. The number of aromatic amines is 1. The van der Waals surface area contributed by atoms with Gasteiger partial charge in [-0.25, -0.2) is 4.79 Å². The number of nitrogens with one attached hydrogen (secondary N) is 2. The predicted octanol–water partition coefficient (Wildman–Crippen LogP) is 1.49. The Morgan fingerprint density at radius 3 is 2.84 bits per heavy atom. The number of thiophene rings is 1. The maximum Gasteiger partial charge on any atom is 0.329 e. The molecule has 19 heavy (non-hydrogen) atoms. The molecule has 0 saturated heterocycles. The van der Waals surface area contributed by atoms with Crippen LogP contribution in [0.3, 0.4) is 0 Å². The highest BCUT2D eigenvalue weighted by Gasteiger charge is 2.51. The van der Waals surface area contributed by atoms with E-state index in [-0.39, 0.29) is 5.69 Å². The first-order valence-electron chi connectivity index (χ1n) is 5.76. The number of hydrogen-bond acceptors (Lipinski definition) is 4. The Morgan fingerprint density at radius 1 is 1.47 bits per heavy atom. The van der Waals surface area contributed by atoms with Gasteiger partial charge in [0.25, 0.3) is 5.91 Å². The minimum absolute atomic E-state index is 0.205. The molecule has 2 aromatic rings. The van der Waals surface area contributed by atoms with Crippen molar-refractivity contribution in [2.45, 2.75) is 18.4 Å². The van der Waals surface area contributed by atoms with Crippen molar-refractivity contribution in [2.24, 2.45) is 0 Å². The second-order valence-corrected chi connectivity index (χ2v) is 5.43. The molecule has 0 atom stereocenters. The van der Waals surface area contributed by atoms with Gasteiger partial charge < -0.3 is 10.4 Å². The third-order valence-corrected chi connectivity index (χ3v) is 4.01. The molecule has 0 unspecified atom stereocenters. The van der Waals surface area contributed by atoms with Crippen molar-refractivity contribution in [3.63, 3.8) is 0 Å². The van der Waals surface area contributed by atoms with E-state index < -0.39 is 17.4 Å². The Kier molecular flexibility index (Phi) is 2.63. The number of aliphatic carboxylic acids is 1. The number of H-pyrrole nitrogens is 1. The van der Waals surface area contributed by atoms with Gasteiger partial charge in [0.15, 0.2) is 5.69 Å². The fourth-order valence-corrected chi connectivity index (χ4v) is 2.49. The van der Waals surface area contributed by atoms with Gasteiger partial charge in [0.2, 0.25) is 0 Å². The van der Waals surface area contributed by atoms with Crippen molar-refractivity contribution in [3.05, 3.63) is 29.3 Å². The minimum Gasteiger partial charge on any atom is -0.480 e. The van der Waals surface area contributed by atoms with E-state index in [0.717, 1.165) is 10.6 Å². The Labute approximate surface area is 112 Å². The highest BCUT2D eigenvalue weighted by atomic mass is 32.1. The van der Waals surface area contributed by atoms with Crippen molar-refractivity contribution >= 4 is 23.2 Å². The van der Waals surface area contributed by atoms with Crippen molar-refractivity contribution in [2.75, 3.05) is 0 Å². The Morgan fingerprint density at radius 2 is 2.26 bits per heavy atom. The topological polar surface area (TPSA) is 95.1 Å². The van der Waals surface area contributed by atoms with Crippen LogP contribution < -0.4 is 5.32 Å². The zero-order valence-electron chi connectivity index (χ0n) is 9.84. The molecule has 0 spiro atoms. The number of carbonyl (C=O) groups excluding carboxylic acids is 1. The van der Waals surface area contributed by atoms with Crippen molar-refractivity contribution in [3.8, 4) is 10.6 Å². The molecule has 1 aliphatic rings. The second kappa shape index (κ2) is 4.20. The van der Waals surface area contributed by atoms with Gasteiger partial charge in [-0.1, -0.05) is 6.07 Å². The van der Waals surface area contributed by atoms with Crippen LogP contribution in [-0.2, 0) is 4.79 Å². The first kappa shape index (κ1) is 11.9. The molecular formula is C12H11N3O3S. The van der Waals surface area contributed by atoms with Crippen LogP contribution >= 0.6 is 11.3 Å². The van der Waals surface area contributed by atoms with Gasteiger partial charge in [0.1, 0.15) is 5.54 Å². The highest BCUT2D eigenvalue weighted by molar-refractivity contribution is 7.13. The van der Waals surface area contributed by atoms with E-state index in [1.807, 2.05) is 17.5 Å². The lowest BCUT2D eigenvalue weighted by Gasteiger charge is -2.10. The monoisotopic (exact) mass is 277 g/mol. The van der Waals surface area contributed by atoms with E-state index in [0.29, 0.717) is 12.8 Å². The molecule has 7 heteroatoms. The van der Waals surface area contributed by atoms with E-state index in [2.05, 4.69) is 15.5 Å². The van der Waals surface area contributed by atoms with Crippen molar-refractivity contribution < 1.29 is 14.7 Å². The minimum atomic E-state index is -1.08. The molecule has 3 N–H and O–H groups in total. The maximum absolute atomic E-state index is 11.9. The van der Waals surface area contributed by atoms with Crippen LogP contribution in [0.4, 0.5) is 0 Å². The summed E-state index contributed by atoms with van der Waals surface area (Å²) in [6.07, 6.45) is 0.937. The number of carboxylic acids is 1. The maximum atomic E-state index is 11.9. The van der Waals surface area contributed by atoms with Crippen LogP contribution in [0.2, 0.25) is 0 Å². The number of amides is 1. The normalized spacial score (nSPS) is 16.0. The molecule has 6 nitrogen and oxygen atoms in total. The SMILES string of the molecule is O=C(NC1(C(=O)O)CC1)c1cc(-c2cccs2)[nH]n1. The molecule has 3 rings (SSSR count). The smallest absolute Gasteiger partial charge is 0.329 e. The van der Waals surface area contributed by atoms with Crippen molar-refractivity contribution in [1.82, 2.24) is 15.5 Å². The number of nitrogens with zero attached hydrogens (tertiary/aromatic N) is 1. The van der Waals surface area contributed by atoms with Gasteiger partial charge in [-0.2, -0.15) is 5.10 Å². The average Bonchev–Trinajstić information content (AvgIpc) is 2.87. The number of hydrogen-bond donors (Lipinski definition) is 3. The van der Waals surface area contributed by atoms with Crippen LogP contribution in [0.15, 0.2) is 23.6 Å². The van der Waals surface area contributed by atoms with Gasteiger partial charge >= 0.3 is 5.97 Å². The Hall–Kier alpha value is -2.15. The van der Waals surface area contributed by atoms with E-state index in [1.165, 1.54) is 11.3 Å². The number of carbonyl (C=O) groups is 2. The zero-order valence-corrected chi connectivity index (χ0v) is 10.7. The van der Waals surface area contributed by atoms with Crippen LogP contribution in [0.5, 0.6) is 0 Å². The van der Waals surface area contributed by atoms with E-state index in [4.69, 9.17) is 5.11 Å². The highest BCUT2D eigenvalue weighted by Crippen LogP contribution is 2.35. The van der Waals surface area contributed by atoms with Gasteiger partial charge in [-0.15, -0.1) is 11.3 Å². The summed E-state index contributed by atoms with van der Waals surface area (Å²) in [6, 6.07) is 5.45. The standard InChI is InChI=1S/C12H11N3O3S/c16-10(13-12(3-4-12)11(17)18)8-6-7(14-15-8)9-2-1-5-19-9/h1-2,5-6H,3-4H2,(H,13,16)(H,14,15)(H,17,18). The van der Waals surface area contributed by atoms with Crippen LogP contribution in [0.1, 0.15) is 23.3 Å². The largest absolute Gasteiger partial charge is 0.480 e. The summed E-state index contributed by atoms with van der Waals surface area (Å²) in [4.78, 5) is 23.9. The summed E-state index contributed by atoms with van der Waals surface area (Å²) < 4.78 is 0. The molecule has 98 valence electrons. The van der Waals surface area contributed by atoms with E-state index >= 15 is 0 Å². The molecule has 0 bridgehead atoms. The van der Waals surface area contributed by atoms with Crippen molar-refractivity contribution in [1.29, 1.82) is 0 Å². The lowest BCUT2D eigenvalue weighted by Crippen LogP contribution is -2.43. The van der Waals surface area contributed by atoms with Crippen LogP contribution in [-0.4, -0.2) is 32.7 Å². The Balaban J connectivity index is 1.76. The summed E-state index contributed by atoms with van der Waals surface area (Å²) in [7, 11) is 0. The average molecular weight is 277 g/mol.